The third-order valence-corrected chi connectivity index (χ3v) is 5.00. The first kappa shape index (κ1) is 13.5. The Labute approximate surface area is 102 Å². The third-order valence-electron chi connectivity index (χ3n) is 2.39. The summed E-state index contributed by atoms with van der Waals surface area (Å²) in [5.41, 5.74) is 0.790. The highest BCUT2D eigenvalue weighted by atomic mass is 32.2. The van der Waals surface area contributed by atoms with Crippen LogP contribution < -0.4 is 0 Å². The molecule has 0 saturated carbocycles. The van der Waals surface area contributed by atoms with Crippen molar-refractivity contribution in [2.45, 2.75) is 11.8 Å². The predicted octanol–water partition coefficient (Wildman–Crippen LogP) is 1.98. The molecule has 0 aliphatic heterocycles. The fraction of sp³-hybridized carbons (Fsp3) is 0.455. The number of benzene rings is 1. The van der Waals surface area contributed by atoms with E-state index in [1.54, 1.807) is 30.9 Å². The highest BCUT2D eigenvalue weighted by molar-refractivity contribution is 7.98. The van der Waals surface area contributed by atoms with Crippen molar-refractivity contribution < 1.29 is 8.42 Å². The summed E-state index contributed by atoms with van der Waals surface area (Å²) in [5, 5.41) is 0. The molecular weight excluding hydrogens is 242 g/mol. The molecule has 0 aliphatic rings. The first-order valence-electron chi connectivity index (χ1n) is 5.01. The number of hydrogen-bond acceptors (Lipinski definition) is 3. The molecule has 0 bridgehead atoms. The summed E-state index contributed by atoms with van der Waals surface area (Å²) in [5.74, 6) is 0.807. The lowest BCUT2D eigenvalue weighted by molar-refractivity contribution is 0.488. The fourth-order valence-electron chi connectivity index (χ4n) is 1.35. The van der Waals surface area contributed by atoms with Crippen molar-refractivity contribution in [2.24, 2.45) is 0 Å². The molecule has 16 heavy (non-hydrogen) atoms. The highest BCUT2D eigenvalue weighted by Gasteiger charge is 2.21. The lowest BCUT2D eigenvalue weighted by Crippen LogP contribution is -2.29. The highest BCUT2D eigenvalue weighted by Crippen LogP contribution is 2.18. The topological polar surface area (TPSA) is 37.4 Å². The van der Waals surface area contributed by atoms with Crippen LogP contribution in [-0.4, -0.2) is 38.3 Å². The minimum absolute atomic E-state index is 0.401. The minimum Gasteiger partial charge on any atom is -0.207 e. The molecule has 0 N–H and O–H groups in total. The van der Waals surface area contributed by atoms with Crippen LogP contribution in [0.15, 0.2) is 29.2 Å². The minimum atomic E-state index is -3.32. The van der Waals surface area contributed by atoms with Gasteiger partial charge in [0.2, 0.25) is 10.0 Å². The van der Waals surface area contributed by atoms with Crippen LogP contribution in [0.4, 0.5) is 0 Å². The monoisotopic (exact) mass is 259 g/mol. The Hall–Kier alpha value is -0.520. The zero-order chi connectivity index (χ0) is 12.2. The Morgan fingerprint density at radius 3 is 2.50 bits per heavy atom. The fourth-order valence-corrected chi connectivity index (χ4v) is 3.32. The molecule has 0 fully saturated rings. The van der Waals surface area contributed by atoms with Crippen molar-refractivity contribution >= 4 is 21.8 Å². The number of hydrogen-bond donors (Lipinski definition) is 0. The van der Waals surface area contributed by atoms with Crippen molar-refractivity contribution in [3.63, 3.8) is 0 Å². The smallest absolute Gasteiger partial charge is 0.207 e. The Morgan fingerprint density at radius 1 is 1.31 bits per heavy atom. The normalized spacial score (nSPS) is 12.0. The summed E-state index contributed by atoms with van der Waals surface area (Å²) in [6.45, 7) is 2.35. The van der Waals surface area contributed by atoms with E-state index in [-0.39, 0.29) is 0 Å². The quantitative estimate of drug-likeness (QED) is 0.811. The predicted molar refractivity (Wildman–Crippen MR) is 69.4 cm³/mol. The van der Waals surface area contributed by atoms with Gasteiger partial charge < -0.3 is 0 Å². The number of aryl methyl sites for hydroxylation is 1. The van der Waals surface area contributed by atoms with E-state index in [4.69, 9.17) is 0 Å². The molecule has 0 aliphatic carbocycles. The molecular formula is C11H17NO2S2. The van der Waals surface area contributed by atoms with E-state index in [9.17, 15) is 8.42 Å². The van der Waals surface area contributed by atoms with Gasteiger partial charge in [0.15, 0.2) is 0 Å². The SMILES string of the molecule is CSCCN(C)S(=O)(=O)c1ccccc1C. The van der Waals surface area contributed by atoms with Gasteiger partial charge in [-0.25, -0.2) is 12.7 Å². The molecule has 0 aromatic heterocycles. The number of nitrogens with zero attached hydrogens (tertiary/aromatic N) is 1. The van der Waals surface area contributed by atoms with Gasteiger partial charge in [-0.15, -0.1) is 0 Å². The molecule has 3 nitrogen and oxygen atoms in total. The first-order valence-corrected chi connectivity index (χ1v) is 7.84. The standard InChI is InChI=1S/C11H17NO2S2/c1-10-6-4-5-7-11(10)16(13,14)12(2)8-9-15-3/h4-7H,8-9H2,1-3H3. The molecule has 5 heteroatoms. The van der Waals surface area contributed by atoms with E-state index < -0.39 is 10.0 Å². The molecule has 0 amide bonds. The first-order chi connectivity index (χ1) is 7.50. The maximum Gasteiger partial charge on any atom is 0.243 e. The molecule has 0 saturated heterocycles. The van der Waals surface area contributed by atoms with Crippen molar-refractivity contribution in [2.75, 3.05) is 25.6 Å². The lowest BCUT2D eigenvalue weighted by atomic mass is 10.2. The average molecular weight is 259 g/mol. The summed E-state index contributed by atoms with van der Waals surface area (Å²) in [6.07, 6.45) is 1.97. The van der Waals surface area contributed by atoms with E-state index in [0.29, 0.717) is 11.4 Å². The van der Waals surface area contributed by atoms with Crippen LogP contribution in [0.5, 0.6) is 0 Å². The molecule has 90 valence electrons. The zero-order valence-corrected chi connectivity index (χ0v) is 11.4. The van der Waals surface area contributed by atoms with Gasteiger partial charge in [0, 0.05) is 19.3 Å². The third kappa shape index (κ3) is 2.99. The Bertz CT molecular complexity index is 443. The van der Waals surface area contributed by atoms with Gasteiger partial charge in [-0.1, -0.05) is 18.2 Å². The molecule has 0 spiro atoms. The maximum atomic E-state index is 12.2. The van der Waals surface area contributed by atoms with E-state index >= 15 is 0 Å². The maximum absolute atomic E-state index is 12.2. The van der Waals surface area contributed by atoms with Gasteiger partial charge >= 0.3 is 0 Å². The Morgan fingerprint density at radius 2 is 1.94 bits per heavy atom. The van der Waals surface area contributed by atoms with Crippen LogP contribution in [0, 0.1) is 6.92 Å². The van der Waals surface area contributed by atoms with Crippen LogP contribution in [-0.2, 0) is 10.0 Å². The summed E-state index contributed by atoms with van der Waals surface area (Å²) >= 11 is 1.64. The van der Waals surface area contributed by atoms with Gasteiger partial charge in [0.05, 0.1) is 4.90 Å². The summed E-state index contributed by atoms with van der Waals surface area (Å²) in [7, 11) is -1.70. The molecule has 1 aromatic carbocycles. The van der Waals surface area contributed by atoms with Crippen molar-refractivity contribution in [3.8, 4) is 0 Å². The van der Waals surface area contributed by atoms with E-state index in [1.165, 1.54) is 4.31 Å². The van der Waals surface area contributed by atoms with E-state index in [2.05, 4.69) is 0 Å². The Balaban J connectivity index is 2.98. The van der Waals surface area contributed by atoms with Gasteiger partial charge in [-0.3, -0.25) is 0 Å². The molecule has 0 unspecified atom stereocenters. The van der Waals surface area contributed by atoms with Crippen molar-refractivity contribution in [1.82, 2.24) is 4.31 Å². The molecule has 1 rings (SSSR count). The lowest BCUT2D eigenvalue weighted by Gasteiger charge is -2.17. The van der Waals surface area contributed by atoms with Crippen molar-refractivity contribution in [1.29, 1.82) is 0 Å². The van der Waals surface area contributed by atoms with E-state index in [0.717, 1.165) is 11.3 Å². The van der Waals surface area contributed by atoms with Crippen LogP contribution in [0.3, 0.4) is 0 Å². The molecule has 0 heterocycles. The second-order valence-electron chi connectivity index (χ2n) is 3.58. The van der Waals surface area contributed by atoms with Gasteiger partial charge in [-0.05, 0) is 24.8 Å². The second kappa shape index (κ2) is 5.70. The number of rotatable bonds is 5. The number of thioether (sulfide) groups is 1. The second-order valence-corrected chi connectivity index (χ2v) is 6.58. The summed E-state index contributed by atoms with van der Waals surface area (Å²) < 4.78 is 25.8. The van der Waals surface area contributed by atoms with Crippen LogP contribution in [0.1, 0.15) is 5.56 Å². The summed E-state index contributed by atoms with van der Waals surface area (Å²) in [4.78, 5) is 0.401. The Kier molecular flexibility index (Phi) is 4.83. The summed E-state index contributed by atoms with van der Waals surface area (Å²) in [6, 6.07) is 7.06. The largest absolute Gasteiger partial charge is 0.243 e. The molecule has 1 aromatic rings. The van der Waals surface area contributed by atoms with Crippen LogP contribution in [0.2, 0.25) is 0 Å². The molecule has 0 atom stereocenters. The van der Waals surface area contributed by atoms with Crippen LogP contribution >= 0.6 is 11.8 Å². The average Bonchev–Trinajstić information content (AvgIpc) is 2.26. The zero-order valence-electron chi connectivity index (χ0n) is 9.80. The van der Waals surface area contributed by atoms with Crippen molar-refractivity contribution in [3.05, 3.63) is 29.8 Å². The van der Waals surface area contributed by atoms with E-state index in [1.807, 2.05) is 25.3 Å². The van der Waals surface area contributed by atoms with Gasteiger partial charge in [0.1, 0.15) is 0 Å². The van der Waals surface area contributed by atoms with Gasteiger partial charge in [0.25, 0.3) is 0 Å². The number of sulfonamides is 1. The molecule has 0 radical (unpaired) electrons. The van der Waals surface area contributed by atoms with Crippen LogP contribution in [0.25, 0.3) is 0 Å². The van der Waals surface area contributed by atoms with Gasteiger partial charge in [-0.2, -0.15) is 11.8 Å².